The number of carboxylic acids is 3. The molecule has 0 radical (unpaired) electrons. The number of carbonyl (C=O) groups is 21. The lowest BCUT2D eigenvalue weighted by Crippen LogP contribution is -2.62. The van der Waals surface area contributed by atoms with E-state index < -0.39 is 317 Å². The monoisotopic (exact) mass is 1870 g/mol. The van der Waals surface area contributed by atoms with Gasteiger partial charge in [0.15, 0.2) is 0 Å². The molecule has 4 aromatic rings. The van der Waals surface area contributed by atoms with Gasteiger partial charge in [-0.3, -0.25) is 95.9 Å². The van der Waals surface area contributed by atoms with Crippen LogP contribution in [0.2, 0.25) is 0 Å². The number of para-hydroxylation sites is 1. The first-order valence-electron chi connectivity index (χ1n) is 42.4. The minimum atomic E-state index is -2.29. The number of fused-ring (bicyclic) bond motifs is 1. The van der Waals surface area contributed by atoms with Crippen LogP contribution in [0.5, 0.6) is 5.75 Å². The van der Waals surface area contributed by atoms with Gasteiger partial charge in [0.1, 0.15) is 96.4 Å². The molecule has 0 spiro atoms. The van der Waals surface area contributed by atoms with Crippen molar-refractivity contribution in [2.24, 2.45) is 40.5 Å². The van der Waals surface area contributed by atoms with Crippen LogP contribution in [0.15, 0.2) is 85.1 Å². The van der Waals surface area contributed by atoms with Gasteiger partial charge in [-0.1, -0.05) is 88.4 Å². The summed E-state index contributed by atoms with van der Waals surface area (Å²) in [7, 11) is 0. The fourth-order valence-corrected chi connectivity index (χ4v) is 13.1. The fraction of sp³-hybridized carbons (Fsp3) is 0.512. The number of unbranched alkanes of at least 4 members (excludes halogenated alkanes) is 1. The number of nitrogens with one attached hydrogen (secondary N) is 16. The molecule has 730 valence electrons. The number of hydrogen-bond acceptors (Lipinski definition) is 27. The standard InChI is InChI=1S/C84H121N21O28/c1-40(2)30-54(97-77(125)55(31-44-14-8-7-9-15-44)98-71(119)51(23-26-62(86)110)93-65(113)37-91-82(130)68(89)43(6)108)75(123)99-56(32-45-19-21-47(109)22-20-45)76(124)95-52(24-27-63(87)111)72(120)102-59(35-67(116)117)79(127)104-61(39-107)81(129)101-58(34-64(88)112)78(126)100-57(33-46-36-90-49-17-11-10-16-48(46)49)74(122)92-42(5)70(118)103-60(38-106)80(128)94-50(18-12-13-29-85)73(121)105-69(41(3)4)83(131)96-53(84(132)133)25-28-66(114)115/h7-11,14-17,19-22,36,40-43,50-61,68-69,90,106-109H,12-13,18,23-35,37-39,85,89H2,1-6H3,(H2,86,110)(H2,87,111)(H2,88,112)(H,91,130)(H,92,122)(H,93,113)(H,94,128)(H,95,124)(H,96,131)(H,97,125)(H,98,119)(H,99,123)(H,100,126)(H,101,129)(H,102,120)(H,103,118)(H,104,127)(H,105,121)(H,114,115)(H,116,117)(H,132,133)/t42-,43+,50-,51-,52-,53-,54-,55-,56-,57-,58-,59-,60-,61-,68-,69-/m0/s1. The summed E-state index contributed by atoms with van der Waals surface area (Å²) >= 11 is 0. The van der Waals surface area contributed by atoms with Gasteiger partial charge in [-0.2, -0.15) is 0 Å². The fourth-order valence-electron chi connectivity index (χ4n) is 13.1. The molecule has 0 aliphatic carbocycles. The number of aliphatic carboxylic acids is 3. The van der Waals surface area contributed by atoms with Crippen molar-refractivity contribution in [1.82, 2.24) is 84.7 Å². The van der Waals surface area contributed by atoms with Crippen molar-refractivity contribution in [3.8, 4) is 5.75 Å². The highest BCUT2D eigenvalue weighted by molar-refractivity contribution is 6.02. The minimum Gasteiger partial charge on any atom is -0.508 e. The zero-order valence-electron chi connectivity index (χ0n) is 74.0. The molecular weight excluding hydrogens is 1750 g/mol. The van der Waals surface area contributed by atoms with Crippen LogP contribution in [-0.4, -0.2) is 288 Å². The van der Waals surface area contributed by atoms with Gasteiger partial charge in [0.25, 0.3) is 0 Å². The number of nitrogens with two attached hydrogens (primary N) is 5. The molecule has 3 aromatic carbocycles. The molecule has 1 aromatic heterocycles. The highest BCUT2D eigenvalue weighted by Gasteiger charge is 2.40. The number of aliphatic hydroxyl groups is 3. The summed E-state index contributed by atoms with van der Waals surface area (Å²) in [6.45, 7) is 5.48. The zero-order valence-corrected chi connectivity index (χ0v) is 74.0. The first kappa shape index (κ1) is 111. The molecule has 0 aliphatic rings. The summed E-state index contributed by atoms with van der Waals surface area (Å²) in [6.07, 6.45) is -6.79. The number of rotatable bonds is 60. The highest BCUT2D eigenvalue weighted by Crippen LogP contribution is 2.21. The Morgan fingerprint density at radius 3 is 1.29 bits per heavy atom. The molecular formula is C84H121N21O28. The Bertz CT molecular complexity index is 4750. The SMILES string of the molecule is CC(C)C[C@H](NC(=O)[C@H](Cc1ccccc1)NC(=O)[C@H](CCC(N)=O)NC(=O)CNC(=O)[C@@H](N)[C@@H](C)O)C(=O)N[C@@H](Cc1ccc(O)cc1)C(=O)N[C@@H](CCC(N)=O)C(=O)N[C@@H](CC(=O)O)C(=O)N[C@@H](CO)C(=O)N[C@@H](CC(N)=O)C(=O)N[C@@H](Cc1c[nH]c2ccccc12)C(=O)N[C@@H](C)C(=O)N[C@@H](CO)C(=O)N[C@@H](CCCCN)C(=O)N[C@H](C(=O)N[C@@H](CCC(=O)O)C(=O)O)C(C)C. The van der Waals surface area contributed by atoms with Crippen molar-refractivity contribution in [1.29, 1.82) is 0 Å². The first-order chi connectivity index (χ1) is 62.6. The summed E-state index contributed by atoms with van der Waals surface area (Å²) in [5, 5.41) is 105. The second-order valence-corrected chi connectivity index (χ2v) is 32.2. The normalized spacial score (nSPS) is 14.7. The van der Waals surface area contributed by atoms with E-state index in [4.69, 9.17) is 33.8 Å². The maximum atomic E-state index is 14.8. The Labute approximate surface area is 762 Å². The van der Waals surface area contributed by atoms with Crippen LogP contribution in [-0.2, 0) is 120 Å². The van der Waals surface area contributed by atoms with Crippen LogP contribution >= 0.6 is 0 Å². The van der Waals surface area contributed by atoms with Gasteiger partial charge in [-0.05, 0) is 112 Å². The number of phenols is 1. The van der Waals surface area contributed by atoms with Crippen molar-refractivity contribution < 1.29 is 136 Å². The molecule has 1 heterocycles. The molecule has 33 N–H and O–H groups in total. The maximum absolute atomic E-state index is 14.8. The van der Waals surface area contributed by atoms with Crippen LogP contribution in [0.3, 0.4) is 0 Å². The smallest absolute Gasteiger partial charge is 0.326 e. The third-order valence-electron chi connectivity index (χ3n) is 20.4. The third kappa shape index (κ3) is 39.1. The van der Waals surface area contributed by atoms with Gasteiger partial charge < -0.3 is 149 Å². The van der Waals surface area contributed by atoms with E-state index in [9.17, 15) is 131 Å². The molecule has 0 saturated carbocycles. The lowest BCUT2D eigenvalue weighted by Gasteiger charge is -2.28. The highest BCUT2D eigenvalue weighted by atomic mass is 16.4. The van der Waals surface area contributed by atoms with Crippen LogP contribution in [0.25, 0.3) is 10.9 Å². The van der Waals surface area contributed by atoms with Gasteiger partial charge in [-0.15, -0.1) is 0 Å². The van der Waals surface area contributed by atoms with E-state index >= 15 is 0 Å². The van der Waals surface area contributed by atoms with Gasteiger partial charge in [0, 0.05) is 55.6 Å². The molecule has 49 heteroatoms. The number of H-pyrrole nitrogens is 1. The Morgan fingerprint density at radius 2 is 0.805 bits per heavy atom. The predicted molar refractivity (Wildman–Crippen MR) is 468 cm³/mol. The number of hydrogen-bond donors (Lipinski definition) is 28. The Morgan fingerprint density at radius 1 is 0.391 bits per heavy atom. The molecule has 49 nitrogen and oxygen atoms in total. The number of phenolic OH excluding ortho intramolecular Hbond substituents is 1. The molecule has 16 atom stereocenters. The molecule has 0 fully saturated rings. The molecule has 0 saturated heterocycles. The zero-order chi connectivity index (χ0) is 99.6. The Balaban J connectivity index is 1.62. The van der Waals surface area contributed by atoms with Gasteiger partial charge in [-0.25, -0.2) is 4.79 Å². The number of amides is 18. The number of carbonyl (C=O) groups excluding carboxylic acids is 18. The van der Waals surface area contributed by atoms with Crippen molar-refractivity contribution in [2.75, 3.05) is 26.3 Å². The summed E-state index contributed by atoms with van der Waals surface area (Å²) in [6, 6.07) is -6.87. The molecule has 18 amide bonds. The van der Waals surface area contributed by atoms with Crippen LogP contribution in [0.1, 0.15) is 135 Å². The van der Waals surface area contributed by atoms with Crippen molar-refractivity contribution in [2.45, 2.75) is 235 Å². The number of benzene rings is 3. The summed E-state index contributed by atoms with van der Waals surface area (Å²) in [5.74, 6) is -27.0. The Kier molecular flexibility index (Phi) is 46.4. The number of aliphatic hydroxyl groups excluding tert-OH is 3. The van der Waals surface area contributed by atoms with Crippen molar-refractivity contribution in [3.05, 3.63) is 102 Å². The maximum Gasteiger partial charge on any atom is 0.326 e. The molecule has 0 bridgehead atoms. The van der Waals surface area contributed by atoms with E-state index in [2.05, 4.69) is 79.4 Å². The van der Waals surface area contributed by atoms with E-state index in [0.29, 0.717) is 28.5 Å². The molecule has 4 rings (SSSR count). The van der Waals surface area contributed by atoms with Crippen molar-refractivity contribution in [3.63, 3.8) is 0 Å². The lowest BCUT2D eigenvalue weighted by molar-refractivity contribution is -0.144. The van der Waals surface area contributed by atoms with Crippen LogP contribution in [0.4, 0.5) is 0 Å². The van der Waals surface area contributed by atoms with Gasteiger partial charge >= 0.3 is 17.9 Å². The van der Waals surface area contributed by atoms with Crippen molar-refractivity contribution >= 4 is 135 Å². The van der Waals surface area contributed by atoms with Crippen LogP contribution < -0.4 is 108 Å². The first-order valence-corrected chi connectivity index (χ1v) is 42.4. The quantitative estimate of drug-likeness (QED) is 0.0183. The number of aromatic nitrogens is 1. The molecule has 133 heavy (non-hydrogen) atoms. The number of primary amides is 3. The lowest BCUT2D eigenvalue weighted by atomic mass is 9.99. The number of aromatic amines is 1. The number of aromatic hydroxyl groups is 1. The largest absolute Gasteiger partial charge is 0.508 e. The average Bonchev–Trinajstić information content (AvgIpc) is 1.58. The predicted octanol–water partition coefficient (Wildman–Crippen LogP) is -8.82. The van der Waals surface area contributed by atoms with E-state index in [1.807, 2.05) is 5.32 Å². The van der Waals surface area contributed by atoms with E-state index in [1.54, 1.807) is 68.4 Å². The van der Waals surface area contributed by atoms with E-state index in [-0.39, 0.29) is 43.5 Å². The second kappa shape index (κ2) is 55.6. The van der Waals surface area contributed by atoms with E-state index in [0.717, 1.165) is 6.92 Å². The summed E-state index contributed by atoms with van der Waals surface area (Å²) in [4.78, 5) is 287. The van der Waals surface area contributed by atoms with E-state index in [1.165, 1.54) is 51.2 Å². The summed E-state index contributed by atoms with van der Waals surface area (Å²) in [5.41, 5.74) is 29.3. The topological polar surface area (TPSA) is 826 Å². The van der Waals surface area contributed by atoms with Gasteiger partial charge in [0.05, 0.1) is 38.7 Å². The Hall–Kier alpha value is -14.3. The van der Waals surface area contributed by atoms with Gasteiger partial charge in [0.2, 0.25) is 106 Å². The molecule has 0 aliphatic heterocycles. The minimum absolute atomic E-state index is 0.134. The third-order valence-corrected chi connectivity index (χ3v) is 20.4. The second-order valence-electron chi connectivity index (χ2n) is 32.2. The molecule has 0 unspecified atom stereocenters. The average molecular weight is 1870 g/mol. The van der Waals surface area contributed by atoms with Crippen LogP contribution in [0, 0.1) is 11.8 Å². The summed E-state index contributed by atoms with van der Waals surface area (Å²) < 4.78 is 0. The number of carboxylic acid groups (broad SMARTS) is 3.